The van der Waals surface area contributed by atoms with Gasteiger partial charge in [-0.05, 0) is 55.3 Å². The number of carbonyl (C=O) groups excluding carboxylic acids is 1. The molecule has 2 aromatic heterocycles. The molecule has 5 atom stereocenters. The normalized spacial score (nSPS) is 26.8. The van der Waals surface area contributed by atoms with Crippen LogP contribution in [0.2, 0.25) is 5.02 Å². The summed E-state index contributed by atoms with van der Waals surface area (Å²) in [5, 5.41) is 10.5. The van der Waals surface area contributed by atoms with Gasteiger partial charge in [-0.1, -0.05) is 17.7 Å². The number of benzene rings is 2. The summed E-state index contributed by atoms with van der Waals surface area (Å²) in [6.45, 7) is 2.37. The maximum absolute atomic E-state index is 16.9. The molecule has 2 N–H and O–H groups in total. The van der Waals surface area contributed by atoms with E-state index in [2.05, 4.69) is 9.88 Å². The van der Waals surface area contributed by atoms with Gasteiger partial charge < -0.3 is 20.1 Å². The number of thiophene rings is 1. The molecule has 1 aliphatic carbocycles. The van der Waals surface area contributed by atoms with Crippen molar-refractivity contribution in [1.82, 2.24) is 14.9 Å². The van der Waals surface area contributed by atoms with E-state index in [9.17, 15) is 18.8 Å². The molecular formula is C33H30ClF3N6O3S. The Hall–Kier alpha value is -3.86. The second-order valence-corrected chi connectivity index (χ2v) is 14.5. The summed E-state index contributed by atoms with van der Waals surface area (Å²) in [4.78, 5) is 25.8. The van der Waals surface area contributed by atoms with Crippen molar-refractivity contribution in [1.29, 1.82) is 5.26 Å². The molecule has 3 saturated heterocycles. The number of halogens is 4. The van der Waals surface area contributed by atoms with Crippen LogP contribution in [-0.2, 0) is 9.53 Å². The fourth-order valence-corrected chi connectivity index (χ4v) is 9.61. The highest BCUT2D eigenvalue weighted by Gasteiger charge is 2.52. The molecule has 3 aliphatic heterocycles. The molecule has 2 aromatic carbocycles. The number of nitrogen functional groups attached to an aromatic ring is 1. The highest BCUT2D eigenvalue weighted by molar-refractivity contribution is 7.23. The Kier molecular flexibility index (Phi) is 7.20. The fourth-order valence-electron chi connectivity index (χ4n) is 8.37. The lowest BCUT2D eigenvalue weighted by atomic mass is 9.67. The van der Waals surface area contributed by atoms with Crippen LogP contribution in [0.15, 0.2) is 18.2 Å². The predicted molar refractivity (Wildman–Crippen MR) is 172 cm³/mol. The minimum atomic E-state index is -0.950. The van der Waals surface area contributed by atoms with Gasteiger partial charge in [0.1, 0.15) is 41.0 Å². The van der Waals surface area contributed by atoms with Crippen LogP contribution in [0.5, 0.6) is 6.01 Å². The Labute approximate surface area is 277 Å². The molecule has 1 saturated carbocycles. The Balaban J connectivity index is 1.26. The van der Waals surface area contributed by atoms with Crippen LogP contribution in [0, 0.1) is 40.7 Å². The van der Waals surface area contributed by atoms with Gasteiger partial charge in [-0.15, -0.1) is 11.3 Å². The molecule has 14 heteroatoms. The highest BCUT2D eigenvalue weighted by atomic mass is 35.5. The topological polar surface area (TPSA) is 118 Å². The van der Waals surface area contributed by atoms with Crippen LogP contribution >= 0.6 is 22.9 Å². The third-order valence-corrected chi connectivity index (χ3v) is 12.0. The number of methoxy groups -OCH3 is 1. The first-order chi connectivity index (χ1) is 22.6. The number of hydrogen-bond acceptors (Lipinski definition) is 10. The number of carbonyl (C=O) groups is 1. The smallest absolute Gasteiger partial charge is 0.319 e. The van der Waals surface area contributed by atoms with Crippen molar-refractivity contribution in [3.05, 3.63) is 40.4 Å². The van der Waals surface area contributed by atoms with Gasteiger partial charge in [-0.25, -0.2) is 13.2 Å². The van der Waals surface area contributed by atoms with Gasteiger partial charge in [-0.2, -0.15) is 15.2 Å². The molecule has 4 aliphatic rings. The number of hydrogen-bond donors (Lipinski definition) is 1. The van der Waals surface area contributed by atoms with E-state index in [1.807, 2.05) is 11.0 Å². The van der Waals surface area contributed by atoms with Gasteiger partial charge in [0.05, 0.1) is 33.9 Å². The lowest BCUT2D eigenvalue weighted by molar-refractivity contribution is -0.153. The van der Waals surface area contributed by atoms with Crippen LogP contribution in [-0.4, -0.2) is 72.4 Å². The molecule has 4 fully saturated rings. The van der Waals surface area contributed by atoms with Crippen molar-refractivity contribution in [2.24, 2.45) is 17.8 Å². The first-order valence-corrected chi connectivity index (χ1v) is 16.8. The monoisotopic (exact) mass is 682 g/mol. The van der Waals surface area contributed by atoms with Crippen molar-refractivity contribution in [3.8, 4) is 23.2 Å². The Bertz CT molecular complexity index is 2020. The van der Waals surface area contributed by atoms with Gasteiger partial charge in [0, 0.05) is 42.4 Å². The molecule has 47 heavy (non-hydrogen) atoms. The van der Waals surface area contributed by atoms with Crippen molar-refractivity contribution < 1.29 is 27.4 Å². The SMILES string of the molecule is COC(=O)C1CC2CN(c3nc(OC[C@@]45CCCN4C[C@H](F)C5)nc4c(F)c(-c5ccc(F)c6sc(N)c(C#N)c56)c(Cl)cc34)CC21. The predicted octanol–water partition coefficient (Wildman–Crippen LogP) is 6.10. The molecule has 8 rings (SSSR count). The minimum absolute atomic E-state index is 0.0186. The van der Waals surface area contributed by atoms with E-state index in [0.717, 1.165) is 30.7 Å². The summed E-state index contributed by atoms with van der Waals surface area (Å²) in [5.41, 5.74) is 5.70. The molecule has 5 heterocycles. The lowest BCUT2D eigenvalue weighted by Gasteiger charge is -2.36. The molecule has 0 radical (unpaired) electrons. The quantitative estimate of drug-likeness (QED) is 0.241. The van der Waals surface area contributed by atoms with Crippen LogP contribution in [0.3, 0.4) is 0 Å². The first-order valence-electron chi connectivity index (χ1n) is 15.6. The van der Waals surface area contributed by atoms with Gasteiger partial charge in [0.25, 0.3) is 0 Å². The van der Waals surface area contributed by atoms with E-state index in [0.29, 0.717) is 43.7 Å². The number of rotatable bonds is 6. The standard InChI is InChI=1S/C33H30ClF3N6O3S/c1-45-31(44)18-7-15-11-42(13-21(15)18)30-19-8-22(34)25(17-3-4-23(36)28-24(17)20(10-38)29(39)47-28)26(37)27(19)40-32(41-30)46-14-33-5-2-6-43(33)12-16(35)9-33/h3-4,8,15-16,18,21H,2,5-7,9,11-14,39H2,1H3/t15?,16-,18?,21?,33+/m1/s1. The zero-order valence-electron chi connectivity index (χ0n) is 25.4. The summed E-state index contributed by atoms with van der Waals surface area (Å²) < 4.78 is 57.6. The van der Waals surface area contributed by atoms with Crippen LogP contribution in [0.25, 0.3) is 32.1 Å². The van der Waals surface area contributed by atoms with E-state index in [1.165, 1.54) is 19.2 Å². The average Bonchev–Trinajstić information content (AvgIpc) is 3.76. The molecule has 0 spiro atoms. The summed E-state index contributed by atoms with van der Waals surface area (Å²) in [6.07, 6.45) is 1.79. The number of aromatic nitrogens is 2. The summed E-state index contributed by atoms with van der Waals surface area (Å²) in [7, 11) is 1.38. The Morgan fingerprint density at radius 3 is 2.89 bits per heavy atom. The second kappa shape index (κ2) is 11.1. The third-order valence-electron chi connectivity index (χ3n) is 10.6. The Morgan fingerprint density at radius 1 is 1.28 bits per heavy atom. The van der Waals surface area contributed by atoms with Crippen molar-refractivity contribution in [2.45, 2.75) is 37.4 Å². The van der Waals surface area contributed by atoms with E-state index in [1.54, 1.807) is 6.07 Å². The highest BCUT2D eigenvalue weighted by Crippen LogP contribution is 2.50. The summed E-state index contributed by atoms with van der Waals surface area (Å²) in [5.74, 6) is -1.14. The number of esters is 1. The van der Waals surface area contributed by atoms with E-state index in [-0.39, 0.29) is 78.7 Å². The summed E-state index contributed by atoms with van der Waals surface area (Å²) in [6, 6.07) is 6.11. The molecular weight excluding hydrogens is 653 g/mol. The molecule has 0 amide bonds. The maximum atomic E-state index is 16.9. The van der Waals surface area contributed by atoms with Crippen LogP contribution in [0.1, 0.15) is 31.2 Å². The third kappa shape index (κ3) is 4.63. The fraction of sp³-hybridized carbons (Fsp3) is 0.455. The van der Waals surface area contributed by atoms with E-state index in [4.69, 9.17) is 31.8 Å². The van der Waals surface area contributed by atoms with Gasteiger partial charge in [-0.3, -0.25) is 9.69 Å². The molecule has 9 nitrogen and oxygen atoms in total. The Morgan fingerprint density at radius 2 is 2.11 bits per heavy atom. The number of alkyl halides is 1. The first kappa shape index (κ1) is 30.5. The lowest BCUT2D eigenvalue weighted by Crippen LogP contribution is -2.43. The van der Waals surface area contributed by atoms with Crippen LogP contribution < -0.4 is 15.4 Å². The number of ether oxygens (including phenoxy) is 2. The van der Waals surface area contributed by atoms with E-state index >= 15 is 4.39 Å². The number of nitrogens with two attached hydrogens (primary N) is 1. The van der Waals surface area contributed by atoms with Crippen molar-refractivity contribution >= 4 is 60.7 Å². The van der Waals surface area contributed by atoms with Gasteiger partial charge in [0.2, 0.25) is 0 Å². The van der Waals surface area contributed by atoms with Gasteiger partial charge >= 0.3 is 12.0 Å². The van der Waals surface area contributed by atoms with Gasteiger partial charge in [0.15, 0.2) is 5.82 Å². The number of nitrogens with zero attached hydrogens (tertiary/aromatic N) is 5. The zero-order valence-corrected chi connectivity index (χ0v) is 26.9. The van der Waals surface area contributed by atoms with Crippen molar-refractivity contribution in [3.63, 3.8) is 0 Å². The van der Waals surface area contributed by atoms with E-state index < -0.39 is 23.3 Å². The summed E-state index contributed by atoms with van der Waals surface area (Å²) >= 11 is 7.74. The number of fused-ring (bicyclic) bond motifs is 4. The number of anilines is 2. The maximum Gasteiger partial charge on any atom is 0.319 e. The largest absolute Gasteiger partial charge is 0.469 e. The molecule has 0 bridgehead atoms. The van der Waals surface area contributed by atoms with Crippen LogP contribution in [0.4, 0.5) is 24.0 Å². The minimum Gasteiger partial charge on any atom is -0.469 e. The zero-order chi connectivity index (χ0) is 32.8. The average molecular weight is 683 g/mol. The number of nitriles is 1. The second-order valence-electron chi connectivity index (χ2n) is 13.1. The molecule has 244 valence electrons. The molecule has 4 aromatic rings. The van der Waals surface area contributed by atoms with Crippen molar-refractivity contribution in [2.75, 3.05) is 50.5 Å². The molecule has 3 unspecified atom stereocenters.